The number of pyridine rings is 2. The summed E-state index contributed by atoms with van der Waals surface area (Å²) in [4.78, 5) is 36.4. The van der Waals surface area contributed by atoms with Gasteiger partial charge in [0.1, 0.15) is 11.4 Å². The summed E-state index contributed by atoms with van der Waals surface area (Å²) >= 11 is 0. The first-order chi connectivity index (χ1) is 18.3. The molecule has 4 rings (SSSR count). The van der Waals surface area contributed by atoms with Crippen molar-refractivity contribution >= 4 is 17.8 Å². The van der Waals surface area contributed by atoms with Crippen molar-refractivity contribution in [2.24, 2.45) is 0 Å². The number of ether oxygens (including phenoxy) is 2. The van der Waals surface area contributed by atoms with E-state index >= 15 is 0 Å². The van der Waals surface area contributed by atoms with Crippen molar-refractivity contribution in [3.05, 3.63) is 78.1 Å². The van der Waals surface area contributed by atoms with E-state index in [1.165, 1.54) is 0 Å². The van der Waals surface area contributed by atoms with Crippen molar-refractivity contribution < 1.29 is 19.1 Å². The summed E-state index contributed by atoms with van der Waals surface area (Å²) in [6.45, 7) is 7.51. The van der Waals surface area contributed by atoms with Crippen molar-refractivity contribution in [2.75, 3.05) is 38.1 Å². The Kier molecular flexibility index (Phi) is 8.91. The molecule has 0 aliphatic carbocycles. The third kappa shape index (κ3) is 7.76. The molecule has 9 nitrogen and oxygen atoms in total. The van der Waals surface area contributed by atoms with Crippen molar-refractivity contribution in [2.45, 2.75) is 38.9 Å². The molecule has 1 saturated heterocycles. The molecule has 3 aromatic rings. The maximum absolute atomic E-state index is 13.2. The van der Waals surface area contributed by atoms with Gasteiger partial charge in [-0.05, 0) is 45.0 Å². The number of benzene rings is 1. The standard InChI is InChI=1S/C29H35N5O4/c1-29(2,3)38-28(36)34-17-18-37-23(20-34)19-32-27(35)24-12-13-25(21-9-5-4-6-10-21)33-26(24)31-16-14-22-11-7-8-15-30-22/h4-13,15,23H,14,16-20H2,1-3H3,(H,31,33)(H,32,35). The van der Waals surface area contributed by atoms with Crippen molar-refractivity contribution in [3.8, 4) is 11.3 Å². The van der Waals surface area contributed by atoms with Gasteiger partial charge in [-0.15, -0.1) is 0 Å². The normalized spacial score (nSPS) is 15.6. The van der Waals surface area contributed by atoms with Gasteiger partial charge in [0.2, 0.25) is 0 Å². The first kappa shape index (κ1) is 27.1. The fraction of sp³-hybridized carbons (Fsp3) is 0.379. The van der Waals surface area contributed by atoms with Gasteiger partial charge >= 0.3 is 6.09 Å². The maximum Gasteiger partial charge on any atom is 0.410 e. The van der Waals surface area contributed by atoms with Crippen LogP contribution in [0.1, 0.15) is 36.8 Å². The molecular weight excluding hydrogens is 482 g/mol. The van der Waals surface area contributed by atoms with E-state index < -0.39 is 5.60 Å². The zero-order chi connectivity index (χ0) is 27.0. The van der Waals surface area contributed by atoms with E-state index in [1.54, 1.807) is 17.2 Å². The number of hydrogen-bond acceptors (Lipinski definition) is 7. The second-order valence-electron chi connectivity index (χ2n) is 10.1. The Morgan fingerprint density at radius 3 is 2.61 bits per heavy atom. The third-order valence-electron chi connectivity index (χ3n) is 5.89. The molecule has 1 fully saturated rings. The number of nitrogens with one attached hydrogen (secondary N) is 2. The molecule has 1 unspecified atom stereocenters. The molecule has 3 heterocycles. The van der Waals surface area contributed by atoms with Crippen molar-refractivity contribution in [1.82, 2.24) is 20.2 Å². The lowest BCUT2D eigenvalue weighted by molar-refractivity contribution is -0.0404. The highest BCUT2D eigenvalue weighted by molar-refractivity contribution is 5.99. The van der Waals surface area contributed by atoms with Gasteiger partial charge in [-0.1, -0.05) is 36.4 Å². The zero-order valence-electron chi connectivity index (χ0n) is 22.1. The summed E-state index contributed by atoms with van der Waals surface area (Å²) < 4.78 is 11.3. The van der Waals surface area contributed by atoms with Crippen molar-refractivity contribution in [3.63, 3.8) is 0 Å². The van der Waals surface area contributed by atoms with Gasteiger partial charge in [0.15, 0.2) is 0 Å². The topological polar surface area (TPSA) is 106 Å². The van der Waals surface area contributed by atoms with Gasteiger partial charge in [0.25, 0.3) is 5.91 Å². The minimum absolute atomic E-state index is 0.256. The first-order valence-electron chi connectivity index (χ1n) is 12.9. The number of amides is 2. The number of carbonyl (C=O) groups is 2. The molecule has 200 valence electrons. The molecule has 0 saturated carbocycles. The molecule has 9 heteroatoms. The Morgan fingerprint density at radius 2 is 1.87 bits per heavy atom. The average Bonchev–Trinajstić information content (AvgIpc) is 2.92. The predicted molar refractivity (Wildman–Crippen MR) is 146 cm³/mol. The average molecular weight is 518 g/mol. The van der Waals surface area contributed by atoms with E-state index in [1.807, 2.05) is 75.4 Å². The number of aromatic nitrogens is 2. The summed E-state index contributed by atoms with van der Waals surface area (Å²) in [5, 5.41) is 6.27. The highest BCUT2D eigenvalue weighted by Gasteiger charge is 2.28. The first-order valence-corrected chi connectivity index (χ1v) is 12.9. The Hall–Kier alpha value is -3.98. The lowest BCUT2D eigenvalue weighted by Crippen LogP contribution is -2.50. The van der Waals surface area contributed by atoms with E-state index in [0.717, 1.165) is 17.0 Å². The summed E-state index contributed by atoms with van der Waals surface area (Å²) in [6, 6.07) is 19.3. The van der Waals surface area contributed by atoms with Crippen LogP contribution in [0.4, 0.5) is 10.6 Å². The predicted octanol–water partition coefficient (Wildman–Crippen LogP) is 4.16. The van der Waals surface area contributed by atoms with Gasteiger partial charge in [-0.2, -0.15) is 0 Å². The van der Waals surface area contributed by atoms with Gasteiger partial charge in [0.05, 0.1) is 30.5 Å². The Labute approximate surface area is 223 Å². The lowest BCUT2D eigenvalue weighted by Gasteiger charge is -2.34. The number of nitrogens with zero attached hydrogens (tertiary/aromatic N) is 3. The molecule has 38 heavy (non-hydrogen) atoms. The quantitative estimate of drug-likeness (QED) is 0.462. The molecule has 0 radical (unpaired) electrons. The number of carbonyl (C=O) groups excluding carboxylic acids is 2. The molecule has 1 atom stereocenters. The molecule has 1 aliphatic rings. The van der Waals surface area contributed by atoms with E-state index in [9.17, 15) is 9.59 Å². The van der Waals surface area contributed by atoms with Crippen LogP contribution < -0.4 is 10.6 Å². The third-order valence-corrected chi connectivity index (χ3v) is 5.89. The Balaban J connectivity index is 1.42. The van der Waals surface area contributed by atoms with Crippen molar-refractivity contribution in [1.29, 1.82) is 0 Å². The molecule has 1 aliphatic heterocycles. The molecule has 0 bridgehead atoms. The van der Waals surface area contributed by atoms with Crippen LogP contribution in [0.25, 0.3) is 11.3 Å². The highest BCUT2D eigenvalue weighted by atomic mass is 16.6. The van der Waals surface area contributed by atoms with Crippen LogP contribution >= 0.6 is 0 Å². The zero-order valence-corrected chi connectivity index (χ0v) is 22.1. The van der Waals surface area contributed by atoms with Gasteiger partial charge in [-0.25, -0.2) is 9.78 Å². The van der Waals surface area contributed by atoms with Gasteiger partial charge in [0, 0.05) is 43.5 Å². The second-order valence-corrected chi connectivity index (χ2v) is 10.1. The smallest absolute Gasteiger partial charge is 0.410 e. The molecule has 1 aromatic carbocycles. The Bertz CT molecular complexity index is 1210. The van der Waals surface area contributed by atoms with Crippen LogP contribution in [-0.2, 0) is 15.9 Å². The number of morpholine rings is 1. The molecule has 2 amide bonds. The maximum atomic E-state index is 13.2. The lowest BCUT2D eigenvalue weighted by atomic mass is 10.1. The van der Waals surface area contributed by atoms with E-state index in [0.29, 0.717) is 44.0 Å². The van der Waals surface area contributed by atoms with Crippen LogP contribution in [0, 0.1) is 0 Å². The van der Waals surface area contributed by atoms with E-state index in [4.69, 9.17) is 14.5 Å². The summed E-state index contributed by atoms with van der Waals surface area (Å²) in [5.41, 5.74) is 2.55. The number of anilines is 1. The van der Waals surface area contributed by atoms with Crippen LogP contribution in [0.5, 0.6) is 0 Å². The number of hydrogen-bond donors (Lipinski definition) is 2. The van der Waals surface area contributed by atoms with Gasteiger partial charge < -0.3 is 25.0 Å². The highest BCUT2D eigenvalue weighted by Crippen LogP contribution is 2.22. The molecule has 0 spiro atoms. The molecule has 2 N–H and O–H groups in total. The summed E-state index contributed by atoms with van der Waals surface area (Å²) in [5.74, 6) is 0.232. The van der Waals surface area contributed by atoms with Crippen LogP contribution in [0.3, 0.4) is 0 Å². The summed E-state index contributed by atoms with van der Waals surface area (Å²) in [6.07, 6.45) is 1.74. The molecular formula is C29H35N5O4. The monoisotopic (exact) mass is 517 g/mol. The minimum atomic E-state index is -0.571. The van der Waals surface area contributed by atoms with Crippen LogP contribution in [-0.4, -0.2) is 71.4 Å². The van der Waals surface area contributed by atoms with Gasteiger partial charge in [-0.3, -0.25) is 9.78 Å². The minimum Gasteiger partial charge on any atom is -0.444 e. The van der Waals surface area contributed by atoms with Crippen LogP contribution in [0.2, 0.25) is 0 Å². The SMILES string of the molecule is CC(C)(C)OC(=O)N1CCOC(CNC(=O)c2ccc(-c3ccccc3)nc2NCCc2ccccn2)C1. The van der Waals surface area contributed by atoms with Crippen LogP contribution in [0.15, 0.2) is 66.9 Å². The summed E-state index contributed by atoms with van der Waals surface area (Å²) in [7, 11) is 0. The van der Waals surface area contributed by atoms with E-state index in [-0.39, 0.29) is 24.6 Å². The fourth-order valence-corrected chi connectivity index (χ4v) is 4.04. The Morgan fingerprint density at radius 1 is 1.08 bits per heavy atom. The fourth-order valence-electron chi connectivity index (χ4n) is 4.04. The molecule has 2 aromatic heterocycles. The largest absolute Gasteiger partial charge is 0.444 e. The number of rotatable bonds is 8. The van der Waals surface area contributed by atoms with E-state index in [2.05, 4.69) is 15.6 Å². The second kappa shape index (κ2) is 12.5.